The number of sulfone groups is 1. The minimum atomic E-state index is -3.42. The van der Waals surface area contributed by atoms with E-state index in [1.807, 2.05) is 0 Å². The van der Waals surface area contributed by atoms with Gasteiger partial charge in [-0.3, -0.25) is 10.1 Å². The summed E-state index contributed by atoms with van der Waals surface area (Å²) in [6, 6.07) is 3.40. The van der Waals surface area contributed by atoms with Crippen LogP contribution in [0.3, 0.4) is 0 Å². The van der Waals surface area contributed by atoms with Gasteiger partial charge in [0.1, 0.15) is 0 Å². The Labute approximate surface area is 133 Å². The van der Waals surface area contributed by atoms with Crippen molar-refractivity contribution < 1.29 is 13.2 Å². The molecule has 0 aliphatic heterocycles. The van der Waals surface area contributed by atoms with Gasteiger partial charge in [-0.25, -0.2) is 13.1 Å². The smallest absolute Gasteiger partial charge is 0.258 e. The van der Waals surface area contributed by atoms with Gasteiger partial charge < -0.3 is 0 Å². The van der Waals surface area contributed by atoms with Crippen LogP contribution < -0.4 is 5.32 Å². The predicted molar refractivity (Wildman–Crippen MR) is 83.0 cm³/mol. The number of nitrogens with zero attached hydrogens (tertiary/aromatic N) is 4. The highest BCUT2D eigenvalue weighted by atomic mass is 32.2. The molecule has 1 aliphatic rings. The van der Waals surface area contributed by atoms with Crippen LogP contribution in [0.25, 0.3) is 0 Å². The van der Waals surface area contributed by atoms with Gasteiger partial charge in [0.05, 0.1) is 4.90 Å². The summed E-state index contributed by atoms with van der Waals surface area (Å²) in [5, 5.41) is 13.4. The summed E-state index contributed by atoms with van der Waals surface area (Å²) in [6.45, 7) is 1.66. The minimum Gasteiger partial charge on any atom is -0.289 e. The first kappa shape index (κ1) is 15.6. The SMILES string of the molecule is Cc1c(C(=O)Nc2nnnn2C)ccc(C2CC2)c1S(C)(=O)=O. The quantitative estimate of drug-likeness (QED) is 0.895. The second-order valence-electron chi connectivity index (χ2n) is 5.78. The van der Waals surface area contributed by atoms with Gasteiger partial charge in [-0.2, -0.15) is 0 Å². The van der Waals surface area contributed by atoms with Crippen molar-refractivity contribution in [1.29, 1.82) is 0 Å². The highest BCUT2D eigenvalue weighted by molar-refractivity contribution is 7.90. The van der Waals surface area contributed by atoms with Crippen LogP contribution in [0.5, 0.6) is 0 Å². The Hall–Kier alpha value is -2.29. The van der Waals surface area contributed by atoms with E-state index < -0.39 is 15.7 Å². The monoisotopic (exact) mass is 335 g/mol. The third-order valence-electron chi connectivity index (χ3n) is 3.91. The number of carbonyl (C=O) groups is 1. The molecule has 1 saturated carbocycles. The lowest BCUT2D eigenvalue weighted by Gasteiger charge is -2.14. The van der Waals surface area contributed by atoms with Gasteiger partial charge in [-0.1, -0.05) is 11.2 Å². The van der Waals surface area contributed by atoms with E-state index >= 15 is 0 Å². The third-order valence-corrected chi connectivity index (χ3v) is 5.20. The maximum atomic E-state index is 12.4. The molecule has 23 heavy (non-hydrogen) atoms. The van der Waals surface area contributed by atoms with Crippen LogP contribution in [-0.4, -0.2) is 40.8 Å². The van der Waals surface area contributed by atoms with Crippen LogP contribution in [0.2, 0.25) is 0 Å². The standard InChI is InChI=1S/C14H17N5O3S/c1-8-10(13(20)15-14-16-17-18-19(14)2)6-7-11(9-4-5-9)12(8)23(3,21)22/h6-7,9H,4-5H2,1-3H3,(H,15,16,18,20). The number of tetrazole rings is 1. The molecule has 0 bridgehead atoms. The van der Waals surface area contributed by atoms with Crippen LogP contribution in [0.4, 0.5) is 5.95 Å². The maximum absolute atomic E-state index is 12.4. The lowest BCUT2D eigenvalue weighted by Crippen LogP contribution is -2.18. The van der Waals surface area contributed by atoms with E-state index in [4.69, 9.17) is 0 Å². The van der Waals surface area contributed by atoms with Crippen molar-refractivity contribution in [2.75, 3.05) is 11.6 Å². The molecule has 1 fully saturated rings. The number of hydrogen-bond donors (Lipinski definition) is 1. The van der Waals surface area contributed by atoms with Gasteiger partial charge in [0.2, 0.25) is 5.95 Å². The summed E-state index contributed by atoms with van der Waals surface area (Å²) in [5.41, 5.74) is 1.57. The summed E-state index contributed by atoms with van der Waals surface area (Å²) in [4.78, 5) is 12.7. The predicted octanol–water partition coefficient (Wildman–Crippen LogP) is 1.05. The van der Waals surface area contributed by atoms with Gasteiger partial charge in [0.15, 0.2) is 9.84 Å². The third kappa shape index (κ3) is 2.96. The first-order valence-electron chi connectivity index (χ1n) is 7.16. The van der Waals surface area contributed by atoms with Gasteiger partial charge in [-0.15, -0.1) is 0 Å². The zero-order valence-electron chi connectivity index (χ0n) is 13.1. The number of anilines is 1. The van der Waals surface area contributed by atoms with E-state index in [0.717, 1.165) is 18.4 Å². The normalized spacial score (nSPS) is 14.7. The molecule has 1 aliphatic carbocycles. The number of nitrogens with one attached hydrogen (secondary N) is 1. The van der Waals surface area contributed by atoms with Crippen molar-refractivity contribution in [3.8, 4) is 0 Å². The summed E-state index contributed by atoms with van der Waals surface area (Å²) in [7, 11) is -1.82. The molecule has 1 heterocycles. The molecular formula is C14H17N5O3S. The molecule has 0 saturated heterocycles. The van der Waals surface area contributed by atoms with Crippen molar-refractivity contribution in [3.63, 3.8) is 0 Å². The van der Waals surface area contributed by atoms with Crippen molar-refractivity contribution in [2.24, 2.45) is 7.05 Å². The maximum Gasteiger partial charge on any atom is 0.258 e. The van der Waals surface area contributed by atoms with Crippen LogP contribution >= 0.6 is 0 Å². The number of benzene rings is 1. The molecule has 0 spiro atoms. The molecular weight excluding hydrogens is 318 g/mol. The van der Waals surface area contributed by atoms with Crippen LogP contribution in [0.1, 0.15) is 40.2 Å². The van der Waals surface area contributed by atoms with Gasteiger partial charge in [-0.05, 0) is 53.3 Å². The highest BCUT2D eigenvalue weighted by Gasteiger charge is 2.31. The fraction of sp³-hybridized carbons (Fsp3) is 0.429. The Morgan fingerprint density at radius 1 is 1.35 bits per heavy atom. The Morgan fingerprint density at radius 3 is 2.57 bits per heavy atom. The molecule has 1 aromatic heterocycles. The summed E-state index contributed by atoms with van der Waals surface area (Å²) in [6.07, 6.45) is 3.14. The summed E-state index contributed by atoms with van der Waals surface area (Å²) in [5.74, 6) is 0.0349. The second kappa shape index (κ2) is 5.41. The Kier molecular flexibility index (Phi) is 3.67. The molecule has 8 nitrogen and oxygen atoms in total. The molecule has 1 aromatic carbocycles. The summed E-state index contributed by atoms with van der Waals surface area (Å²) >= 11 is 0. The molecule has 2 aromatic rings. The Bertz CT molecular complexity index is 884. The van der Waals surface area contributed by atoms with E-state index in [1.165, 1.54) is 10.9 Å². The summed E-state index contributed by atoms with van der Waals surface area (Å²) < 4.78 is 25.7. The fourth-order valence-corrected chi connectivity index (χ4v) is 4.00. The highest BCUT2D eigenvalue weighted by Crippen LogP contribution is 2.44. The van der Waals surface area contributed by atoms with Gasteiger partial charge >= 0.3 is 0 Å². The van der Waals surface area contributed by atoms with E-state index in [1.54, 1.807) is 26.1 Å². The number of carbonyl (C=O) groups excluding carboxylic acids is 1. The van der Waals surface area contributed by atoms with E-state index in [0.29, 0.717) is 11.1 Å². The van der Waals surface area contributed by atoms with E-state index in [2.05, 4.69) is 20.8 Å². The van der Waals surface area contributed by atoms with E-state index in [-0.39, 0.29) is 16.8 Å². The molecule has 3 rings (SSSR count). The molecule has 0 atom stereocenters. The van der Waals surface area contributed by atoms with E-state index in [9.17, 15) is 13.2 Å². The molecule has 122 valence electrons. The molecule has 1 N–H and O–H groups in total. The van der Waals surface area contributed by atoms with Gasteiger partial charge in [0.25, 0.3) is 5.91 Å². The lowest BCUT2D eigenvalue weighted by atomic mass is 10.0. The van der Waals surface area contributed by atoms with Crippen LogP contribution in [-0.2, 0) is 16.9 Å². The number of amides is 1. The van der Waals surface area contributed by atoms with Crippen LogP contribution in [0.15, 0.2) is 17.0 Å². The topological polar surface area (TPSA) is 107 Å². The fourth-order valence-electron chi connectivity index (χ4n) is 2.67. The van der Waals surface area contributed by atoms with Gasteiger partial charge in [0, 0.05) is 18.9 Å². The molecule has 0 radical (unpaired) electrons. The largest absolute Gasteiger partial charge is 0.289 e. The first-order valence-corrected chi connectivity index (χ1v) is 9.05. The zero-order chi connectivity index (χ0) is 16.8. The number of rotatable bonds is 4. The Morgan fingerprint density at radius 2 is 2.04 bits per heavy atom. The molecule has 9 heteroatoms. The van der Waals surface area contributed by atoms with Crippen LogP contribution in [0, 0.1) is 6.92 Å². The molecule has 1 amide bonds. The lowest BCUT2D eigenvalue weighted by molar-refractivity contribution is 0.102. The second-order valence-corrected chi connectivity index (χ2v) is 7.74. The van der Waals surface area contributed by atoms with Crippen molar-refractivity contribution in [3.05, 3.63) is 28.8 Å². The minimum absolute atomic E-state index is 0.196. The average molecular weight is 335 g/mol. The first-order chi connectivity index (χ1) is 10.8. The number of aryl methyl sites for hydroxylation is 1. The van der Waals surface area contributed by atoms with Crippen molar-refractivity contribution in [2.45, 2.75) is 30.6 Å². The van der Waals surface area contributed by atoms with Crippen molar-refractivity contribution in [1.82, 2.24) is 20.2 Å². The van der Waals surface area contributed by atoms with Crippen molar-refractivity contribution >= 4 is 21.7 Å². The zero-order valence-corrected chi connectivity index (χ0v) is 13.9. The molecule has 0 unspecified atom stereocenters. The number of hydrogen-bond acceptors (Lipinski definition) is 6. The average Bonchev–Trinajstić information content (AvgIpc) is 3.22. The Balaban J connectivity index is 2.03. The number of aromatic nitrogens is 4.